The smallest absolute Gasteiger partial charge is 0.260 e. The van der Waals surface area contributed by atoms with Crippen LogP contribution in [0.2, 0.25) is 0 Å². The highest BCUT2D eigenvalue weighted by Crippen LogP contribution is 2.35. The number of rotatable bonds is 4. The van der Waals surface area contributed by atoms with Crippen molar-refractivity contribution in [3.8, 4) is 21.9 Å². The maximum Gasteiger partial charge on any atom is 0.260 e. The number of anilines is 1. The molecule has 0 saturated carbocycles. The number of nitrogens with one attached hydrogen (secondary N) is 2. The summed E-state index contributed by atoms with van der Waals surface area (Å²) in [6.07, 6.45) is 0. The largest absolute Gasteiger partial charge is 0.486 e. The molecule has 2 N–H and O–H groups in total. The zero-order valence-electron chi connectivity index (χ0n) is 15.1. The van der Waals surface area contributed by atoms with Crippen molar-refractivity contribution in [2.45, 2.75) is 13.5 Å². The van der Waals surface area contributed by atoms with Gasteiger partial charge in [0.15, 0.2) is 11.5 Å². The minimum Gasteiger partial charge on any atom is -0.486 e. The van der Waals surface area contributed by atoms with Crippen molar-refractivity contribution in [3.05, 3.63) is 56.8 Å². The van der Waals surface area contributed by atoms with Crippen LogP contribution in [0.25, 0.3) is 20.7 Å². The van der Waals surface area contributed by atoms with Gasteiger partial charge < -0.3 is 19.8 Å². The molecule has 4 heterocycles. The van der Waals surface area contributed by atoms with E-state index in [9.17, 15) is 4.79 Å². The Morgan fingerprint density at radius 3 is 2.86 bits per heavy atom. The lowest BCUT2D eigenvalue weighted by Gasteiger charge is -2.19. The number of fused-ring (bicyclic) bond motifs is 2. The topological polar surface area (TPSA) is 76.2 Å². The number of aryl methyl sites for hydroxylation is 1. The van der Waals surface area contributed by atoms with Crippen LogP contribution in [0.4, 0.5) is 5.69 Å². The molecule has 1 aliphatic rings. The molecule has 6 nitrogen and oxygen atoms in total. The molecular formula is C20H17N3O3S2. The van der Waals surface area contributed by atoms with Gasteiger partial charge in [-0.2, -0.15) is 0 Å². The Hall–Kier alpha value is -2.84. The highest BCUT2D eigenvalue weighted by molar-refractivity contribution is 7.19. The Labute approximate surface area is 168 Å². The van der Waals surface area contributed by atoms with Crippen molar-refractivity contribution >= 4 is 38.6 Å². The van der Waals surface area contributed by atoms with Crippen molar-refractivity contribution in [1.82, 2.24) is 9.97 Å². The first-order valence-electron chi connectivity index (χ1n) is 8.88. The molecule has 1 aromatic carbocycles. The predicted octanol–water partition coefficient (Wildman–Crippen LogP) is 4.40. The summed E-state index contributed by atoms with van der Waals surface area (Å²) in [5, 5.41) is 5.96. The molecule has 0 bridgehead atoms. The first kappa shape index (κ1) is 17.3. The molecule has 8 heteroatoms. The van der Waals surface area contributed by atoms with Crippen molar-refractivity contribution in [3.63, 3.8) is 0 Å². The third kappa shape index (κ3) is 3.14. The number of hydrogen-bond donors (Lipinski definition) is 2. The van der Waals surface area contributed by atoms with Gasteiger partial charge in [0.2, 0.25) is 0 Å². The summed E-state index contributed by atoms with van der Waals surface area (Å²) >= 11 is 3.18. The van der Waals surface area contributed by atoms with E-state index < -0.39 is 0 Å². The Balaban J connectivity index is 1.40. The fraction of sp³-hybridized carbons (Fsp3) is 0.200. The fourth-order valence-corrected chi connectivity index (χ4v) is 5.10. The number of ether oxygens (including phenoxy) is 2. The average Bonchev–Trinajstić information content (AvgIpc) is 3.32. The SMILES string of the molecule is Cc1ccc(-c2csc3nc(CNc4ccc5c(c4)OCCO5)[nH]c(=O)c23)s1. The minimum absolute atomic E-state index is 0.105. The molecule has 0 radical (unpaired) electrons. The summed E-state index contributed by atoms with van der Waals surface area (Å²) in [5.74, 6) is 2.07. The molecule has 0 amide bonds. The molecule has 5 rings (SSSR count). The molecule has 0 fully saturated rings. The van der Waals surface area contributed by atoms with E-state index in [4.69, 9.17) is 9.47 Å². The standard InChI is InChI=1S/C20H17N3O3S2/c1-11-2-5-16(28-11)13-10-27-20-18(13)19(24)22-17(23-20)9-21-12-3-4-14-15(8-12)26-7-6-25-14/h2-5,8,10,21H,6-7,9H2,1H3,(H,22,23,24). The lowest BCUT2D eigenvalue weighted by Crippen LogP contribution is -2.16. The van der Waals surface area contributed by atoms with E-state index in [1.165, 1.54) is 16.2 Å². The van der Waals surface area contributed by atoms with Crippen LogP contribution < -0.4 is 20.3 Å². The summed E-state index contributed by atoms with van der Waals surface area (Å²) in [6, 6.07) is 9.82. The Bertz CT molecular complexity index is 1230. The molecule has 4 aromatic rings. The van der Waals surface area contributed by atoms with Crippen LogP contribution in [0.3, 0.4) is 0 Å². The van der Waals surface area contributed by atoms with Crippen LogP contribution in [-0.4, -0.2) is 23.2 Å². The number of benzene rings is 1. The van der Waals surface area contributed by atoms with Crippen LogP contribution >= 0.6 is 22.7 Å². The second-order valence-electron chi connectivity index (χ2n) is 6.46. The molecular weight excluding hydrogens is 394 g/mol. The van der Waals surface area contributed by atoms with E-state index in [0.29, 0.717) is 31.0 Å². The zero-order chi connectivity index (χ0) is 19.1. The first-order chi connectivity index (χ1) is 13.7. The van der Waals surface area contributed by atoms with Crippen LogP contribution in [0.1, 0.15) is 10.7 Å². The summed E-state index contributed by atoms with van der Waals surface area (Å²) in [6.45, 7) is 3.59. The van der Waals surface area contributed by atoms with Gasteiger partial charge in [-0.3, -0.25) is 4.79 Å². The molecule has 1 aliphatic heterocycles. The number of aromatic amines is 1. The number of thiophene rings is 2. The second kappa shape index (κ2) is 6.96. The van der Waals surface area contributed by atoms with Crippen molar-refractivity contribution in [2.24, 2.45) is 0 Å². The lowest BCUT2D eigenvalue weighted by atomic mass is 10.2. The second-order valence-corrected chi connectivity index (χ2v) is 8.61. The Morgan fingerprint density at radius 2 is 2.04 bits per heavy atom. The molecule has 0 aliphatic carbocycles. The predicted molar refractivity (Wildman–Crippen MR) is 113 cm³/mol. The van der Waals surface area contributed by atoms with E-state index in [1.54, 1.807) is 11.3 Å². The summed E-state index contributed by atoms with van der Waals surface area (Å²) in [5.41, 5.74) is 1.73. The molecule has 0 spiro atoms. The van der Waals surface area contributed by atoms with Crippen molar-refractivity contribution < 1.29 is 9.47 Å². The van der Waals surface area contributed by atoms with Gasteiger partial charge in [0.1, 0.15) is 23.9 Å². The maximum absolute atomic E-state index is 12.7. The number of aromatic nitrogens is 2. The number of H-pyrrole nitrogens is 1. The highest BCUT2D eigenvalue weighted by atomic mass is 32.1. The third-order valence-corrected chi connectivity index (χ3v) is 6.41. The summed E-state index contributed by atoms with van der Waals surface area (Å²) in [4.78, 5) is 23.3. The zero-order valence-corrected chi connectivity index (χ0v) is 16.7. The highest BCUT2D eigenvalue weighted by Gasteiger charge is 2.15. The van der Waals surface area contributed by atoms with Crippen LogP contribution in [0.15, 0.2) is 40.5 Å². The van der Waals surface area contributed by atoms with Crippen molar-refractivity contribution in [1.29, 1.82) is 0 Å². The molecule has 3 aromatic heterocycles. The van der Waals surface area contributed by atoms with Crippen LogP contribution in [-0.2, 0) is 6.54 Å². The summed E-state index contributed by atoms with van der Waals surface area (Å²) in [7, 11) is 0. The Kier molecular flexibility index (Phi) is 4.29. The Morgan fingerprint density at radius 1 is 1.18 bits per heavy atom. The quantitative estimate of drug-likeness (QED) is 0.520. The molecule has 0 unspecified atom stereocenters. The van der Waals surface area contributed by atoms with Crippen LogP contribution in [0, 0.1) is 6.92 Å². The van der Waals surface area contributed by atoms with Gasteiger partial charge in [-0.25, -0.2) is 4.98 Å². The van der Waals surface area contributed by atoms with Gasteiger partial charge >= 0.3 is 0 Å². The van der Waals surface area contributed by atoms with E-state index >= 15 is 0 Å². The number of nitrogens with zero attached hydrogens (tertiary/aromatic N) is 1. The third-order valence-electron chi connectivity index (χ3n) is 4.50. The number of hydrogen-bond acceptors (Lipinski definition) is 7. The van der Waals surface area contributed by atoms with E-state index in [-0.39, 0.29) is 5.56 Å². The maximum atomic E-state index is 12.7. The van der Waals surface area contributed by atoms with Crippen LogP contribution in [0.5, 0.6) is 11.5 Å². The van der Waals surface area contributed by atoms with Gasteiger partial charge in [0.05, 0.1) is 11.9 Å². The van der Waals surface area contributed by atoms with Crippen molar-refractivity contribution in [2.75, 3.05) is 18.5 Å². The minimum atomic E-state index is -0.105. The molecule has 142 valence electrons. The fourth-order valence-electron chi connectivity index (χ4n) is 3.18. The molecule has 0 atom stereocenters. The average molecular weight is 412 g/mol. The lowest BCUT2D eigenvalue weighted by molar-refractivity contribution is 0.171. The van der Waals surface area contributed by atoms with Gasteiger partial charge in [-0.15, -0.1) is 22.7 Å². The van der Waals surface area contributed by atoms with E-state index in [0.717, 1.165) is 32.5 Å². The van der Waals surface area contributed by atoms with Gasteiger partial charge in [0, 0.05) is 32.5 Å². The van der Waals surface area contributed by atoms with E-state index in [2.05, 4.69) is 34.3 Å². The van der Waals surface area contributed by atoms with Gasteiger partial charge in [-0.05, 0) is 31.2 Å². The van der Waals surface area contributed by atoms with Gasteiger partial charge in [-0.1, -0.05) is 0 Å². The monoisotopic (exact) mass is 411 g/mol. The molecule has 0 saturated heterocycles. The molecule has 28 heavy (non-hydrogen) atoms. The first-order valence-corrected chi connectivity index (χ1v) is 10.6. The summed E-state index contributed by atoms with van der Waals surface area (Å²) < 4.78 is 11.1. The van der Waals surface area contributed by atoms with Gasteiger partial charge in [0.25, 0.3) is 5.56 Å². The normalized spacial score (nSPS) is 13.0. The van der Waals surface area contributed by atoms with E-state index in [1.807, 2.05) is 23.6 Å².